The maximum atomic E-state index is 12.7. The normalized spacial score (nSPS) is 17.3. The van der Waals surface area contributed by atoms with Crippen LogP contribution in [0.4, 0.5) is 0 Å². The van der Waals surface area contributed by atoms with Crippen LogP contribution in [-0.4, -0.2) is 41.0 Å². The van der Waals surface area contributed by atoms with Crippen LogP contribution in [0.15, 0.2) is 48.5 Å². The third-order valence-corrected chi connectivity index (χ3v) is 4.73. The van der Waals surface area contributed by atoms with Gasteiger partial charge in [0.05, 0.1) is 12.6 Å². The molecule has 3 N–H and O–H groups in total. The van der Waals surface area contributed by atoms with Crippen molar-refractivity contribution in [1.29, 1.82) is 0 Å². The van der Waals surface area contributed by atoms with Crippen molar-refractivity contribution < 1.29 is 14.7 Å². The maximum absolute atomic E-state index is 12.7. The molecule has 0 aromatic heterocycles. The van der Waals surface area contributed by atoms with E-state index in [2.05, 4.69) is 0 Å². The van der Waals surface area contributed by atoms with Crippen molar-refractivity contribution in [3.8, 4) is 11.1 Å². The number of nitrogens with zero attached hydrogens (tertiary/aromatic N) is 1. The first-order chi connectivity index (χ1) is 12.1. The van der Waals surface area contributed by atoms with E-state index < -0.39 is 5.91 Å². The minimum atomic E-state index is -0.477. The lowest BCUT2D eigenvalue weighted by atomic mass is 9.97. The van der Waals surface area contributed by atoms with Crippen LogP contribution >= 0.6 is 0 Å². The summed E-state index contributed by atoms with van der Waals surface area (Å²) < 4.78 is 0. The van der Waals surface area contributed by atoms with Crippen LogP contribution in [-0.2, 0) is 0 Å². The second-order valence-corrected chi connectivity index (χ2v) is 6.32. The third-order valence-electron chi connectivity index (χ3n) is 4.73. The Kier molecular flexibility index (Phi) is 5.14. The summed E-state index contributed by atoms with van der Waals surface area (Å²) in [6, 6.07) is 14.2. The van der Waals surface area contributed by atoms with E-state index in [0.717, 1.165) is 30.4 Å². The van der Waals surface area contributed by atoms with Crippen molar-refractivity contribution in [3.63, 3.8) is 0 Å². The molecule has 2 aromatic rings. The van der Waals surface area contributed by atoms with E-state index in [-0.39, 0.29) is 18.6 Å². The van der Waals surface area contributed by atoms with Gasteiger partial charge in [0, 0.05) is 17.7 Å². The van der Waals surface area contributed by atoms with E-state index in [1.54, 1.807) is 29.2 Å². The number of hydrogen-bond acceptors (Lipinski definition) is 3. The van der Waals surface area contributed by atoms with Crippen LogP contribution in [0.5, 0.6) is 0 Å². The highest BCUT2D eigenvalue weighted by atomic mass is 16.3. The van der Waals surface area contributed by atoms with Crippen LogP contribution in [0.25, 0.3) is 11.1 Å². The van der Waals surface area contributed by atoms with E-state index >= 15 is 0 Å². The Bertz CT molecular complexity index is 771. The molecule has 0 radical (unpaired) electrons. The maximum Gasteiger partial charge on any atom is 0.254 e. The second-order valence-electron chi connectivity index (χ2n) is 6.32. The number of piperidine rings is 1. The summed E-state index contributed by atoms with van der Waals surface area (Å²) >= 11 is 0. The van der Waals surface area contributed by atoms with Gasteiger partial charge in [0.2, 0.25) is 5.91 Å². The lowest BCUT2D eigenvalue weighted by Gasteiger charge is -2.34. The first-order valence-corrected chi connectivity index (χ1v) is 8.53. The van der Waals surface area contributed by atoms with Gasteiger partial charge in [-0.2, -0.15) is 0 Å². The van der Waals surface area contributed by atoms with Gasteiger partial charge in [-0.15, -0.1) is 0 Å². The standard InChI is InChI=1S/C20H22N2O3/c21-19(24)18-7-2-1-6-17(18)14-8-10-15(11-9-14)20(25)22-12-4-3-5-16(22)13-23/h1-2,6-11,16,23H,3-5,12-13H2,(H2,21,24)/t16-/m1/s1. The summed E-state index contributed by atoms with van der Waals surface area (Å²) in [6.07, 6.45) is 2.84. The number of likely N-dealkylation sites (tertiary alicyclic amines) is 1. The zero-order chi connectivity index (χ0) is 17.8. The molecule has 0 bridgehead atoms. The number of aliphatic hydroxyl groups is 1. The fourth-order valence-electron chi connectivity index (χ4n) is 3.37. The van der Waals surface area contributed by atoms with Gasteiger partial charge in [-0.3, -0.25) is 9.59 Å². The van der Waals surface area contributed by atoms with Crippen molar-refractivity contribution in [1.82, 2.24) is 4.90 Å². The molecule has 1 saturated heterocycles. The minimum absolute atomic E-state index is 0.00416. The zero-order valence-electron chi connectivity index (χ0n) is 14.0. The highest BCUT2D eigenvalue weighted by Gasteiger charge is 2.26. The zero-order valence-corrected chi connectivity index (χ0v) is 14.0. The quantitative estimate of drug-likeness (QED) is 0.898. The van der Waals surface area contributed by atoms with Gasteiger partial charge < -0.3 is 15.7 Å². The smallest absolute Gasteiger partial charge is 0.254 e. The molecule has 25 heavy (non-hydrogen) atoms. The van der Waals surface area contributed by atoms with Gasteiger partial charge in [0.15, 0.2) is 0 Å². The molecule has 2 aromatic carbocycles. The molecule has 5 nitrogen and oxygen atoms in total. The van der Waals surface area contributed by atoms with Crippen molar-refractivity contribution in [2.24, 2.45) is 5.73 Å². The minimum Gasteiger partial charge on any atom is -0.394 e. The Morgan fingerprint density at radius 1 is 1.08 bits per heavy atom. The van der Waals surface area contributed by atoms with Crippen LogP contribution in [0.1, 0.15) is 40.0 Å². The van der Waals surface area contributed by atoms with E-state index in [0.29, 0.717) is 17.7 Å². The fourth-order valence-corrected chi connectivity index (χ4v) is 3.37. The van der Waals surface area contributed by atoms with Crippen molar-refractivity contribution in [2.45, 2.75) is 25.3 Å². The summed E-state index contributed by atoms with van der Waals surface area (Å²) in [6.45, 7) is 0.673. The van der Waals surface area contributed by atoms with Crippen LogP contribution in [0.3, 0.4) is 0 Å². The second kappa shape index (κ2) is 7.49. The molecule has 1 atom stereocenters. The predicted molar refractivity (Wildman–Crippen MR) is 96.2 cm³/mol. The Morgan fingerprint density at radius 2 is 1.80 bits per heavy atom. The van der Waals surface area contributed by atoms with Gasteiger partial charge in [0.25, 0.3) is 5.91 Å². The van der Waals surface area contributed by atoms with E-state index in [1.807, 2.05) is 24.3 Å². The predicted octanol–water partition coefficient (Wildman–Crippen LogP) is 2.44. The number of primary amides is 1. The molecule has 3 rings (SSSR count). The molecule has 0 aliphatic carbocycles. The van der Waals surface area contributed by atoms with Gasteiger partial charge in [-0.05, 0) is 48.6 Å². The molecule has 2 amide bonds. The lowest BCUT2D eigenvalue weighted by molar-refractivity contribution is 0.0503. The number of carbonyl (C=O) groups excluding carboxylic acids is 2. The summed E-state index contributed by atoms with van der Waals surface area (Å²) in [5.74, 6) is -0.539. The average molecular weight is 338 g/mol. The molecule has 0 spiro atoms. The number of benzene rings is 2. The average Bonchev–Trinajstić information content (AvgIpc) is 2.67. The summed E-state index contributed by atoms with van der Waals surface area (Å²) in [4.78, 5) is 26.1. The number of rotatable bonds is 4. The SMILES string of the molecule is NC(=O)c1ccccc1-c1ccc(C(=O)N2CCCC[C@@H]2CO)cc1. The largest absolute Gasteiger partial charge is 0.394 e. The number of hydrogen-bond donors (Lipinski definition) is 2. The molecule has 1 heterocycles. The number of carbonyl (C=O) groups is 2. The molecular formula is C20H22N2O3. The number of amides is 2. The topological polar surface area (TPSA) is 83.6 Å². The highest BCUT2D eigenvalue weighted by Crippen LogP contribution is 2.25. The molecule has 1 aliphatic heterocycles. The summed E-state index contributed by atoms with van der Waals surface area (Å²) in [7, 11) is 0. The molecule has 1 fully saturated rings. The van der Waals surface area contributed by atoms with E-state index in [1.165, 1.54) is 0 Å². The first kappa shape index (κ1) is 17.2. The van der Waals surface area contributed by atoms with Crippen molar-refractivity contribution in [2.75, 3.05) is 13.2 Å². The Labute approximate surface area is 147 Å². The Balaban J connectivity index is 1.85. The van der Waals surface area contributed by atoms with Gasteiger partial charge in [-0.1, -0.05) is 30.3 Å². The van der Waals surface area contributed by atoms with Crippen LogP contribution in [0, 0.1) is 0 Å². The van der Waals surface area contributed by atoms with Gasteiger partial charge in [0.1, 0.15) is 0 Å². The summed E-state index contributed by atoms with van der Waals surface area (Å²) in [5, 5.41) is 9.49. The van der Waals surface area contributed by atoms with Crippen molar-refractivity contribution in [3.05, 3.63) is 59.7 Å². The monoisotopic (exact) mass is 338 g/mol. The third kappa shape index (κ3) is 3.56. The number of nitrogens with two attached hydrogens (primary N) is 1. The fraction of sp³-hybridized carbons (Fsp3) is 0.300. The Hall–Kier alpha value is -2.66. The molecule has 130 valence electrons. The Morgan fingerprint density at radius 3 is 2.48 bits per heavy atom. The van der Waals surface area contributed by atoms with Crippen LogP contribution in [0.2, 0.25) is 0 Å². The van der Waals surface area contributed by atoms with Crippen LogP contribution < -0.4 is 5.73 Å². The molecule has 1 aliphatic rings. The lowest BCUT2D eigenvalue weighted by Crippen LogP contribution is -2.45. The first-order valence-electron chi connectivity index (χ1n) is 8.53. The molecule has 5 heteroatoms. The molecular weight excluding hydrogens is 316 g/mol. The van der Waals surface area contributed by atoms with Crippen molar-refractivity contribution >= 4 is 11.8 Å². The highest BCUT2D eigenvalue weighted by molar-refractivity contribution is 6.00. The summed E-state index contributed by atoms with van der Waals surface area (Å²) in [5.41, 5.74) is 8.06. The van der Waals surface area contributed by atoms with Gasteiger partial charge >= 0.3 is 0 Å². The van der Waals surface area contributed by atoms with E-state index in [9.17, 15) is 14.7 Å². The molecule has 0 saturated carbocycles. The van der Waals surface area contributed by atoms with Gasteiger partial charge in [-0.25, -0.2) is 0 Å². The number of aliphatic hydroxyl groups excluding tert-OH is 1. The van der Waals surface area contributed by atoms with E-state index in [4.69, 9.17) is 5.73 Å². The molecule has 0 unspecified atom stereocenters.